The van der Waals surface area contributed by atoms with E-state index >= 15 is 0 Å². The Morgan fingerprint density at radius 2 is 1.61 bits per heavy atom. The Hall–Kier alpha value is -1.75. The molecule has 0 aliphatic carbocycles. The first kappa shape index (κ1) is 22.4. The highest BCUT2D eigenvalue weighted by Crippen LogP contribution is 2.19. The molecule has 31 heavy (non-hydrogen) atoms. The third-order valence-corrected chi connectivity index (χ3v) is 6.77. The van der Waals surface area contributed by atoms with E-state index in [2.05, 4.69) is 64.3 Å². The van der Waals surface area contributed by atoms with E-state index in [-0.39, 0.29) is 0 Å². The minimum absolute atomic E-state index is 0.642. The van der Waals surface area contributed by atoms with Gasteiger partial charge < -0.3 is 5.32 Å². The monoisotopic (exact) mass is 420 g/mol. The summed E-state index contributed by atoms with van der Waals surface area (Å²) in [4.78, 5) is 9.47. The van der Waals surface area contributed by atoms with Crippen LogP contribution >= 0.6 is 0 Å². The predicted octanol–water partition coefficient (Wildman–Crippen LogP) is 4.50. The molecule has 3 heterocycles. The Morgan fingerprint density at radius 1 is 0.871 bits per heavy atom. The fourth-order valence-corrected chi connectivity index (χ4v) is 5.19. The Morgan fingerprint density at radius 3 is 2.32 bits per heavy atom. The topological polar surface area (TPSA) is 31.4 Å². The van der Waals surface area contributed by atoms with Gasteiger partial charge in [0.1, 0.15) is 0 Å². The van der Waals surface area contributed by atoms with Crippen molar-refractivity contribution < 1.29 is 0 Å². The molecule has 0 saturated carbocycles. The summed E-state index contributed by atoms with van der Waals surface area (Å²) >= 11 is 0. The Balaban J connectivity index is 1.20. The van der Waals surface area contributed by atoms with Crippen LogP contribution in [0.3, 0.4) is 0 Å². The molecule has 4 nitrogen and oxygen atoms in total. The number of piperidine rings is 2. The average Bonchev–Trinajstić information content (AvgIpc) is 2.77. The molecule has 2 fully saturated rings. The number of hydrogen-bond donors (Lipinski definition) is 1. The number of nitrogens with one attached hydrogen (secondary N) is 1. The Kier molecular flexibility index (Phi) is 8.12. The quantitative estimate of drug-likeness (QED) is 0.681. The number of benzene rings is 1. The number of rotatable bonds is 8. The van der Waals surface area contributed by atoms with Gasteiger partial charge in [0.05, 0.1) is 0 Å². The van der Waals surface area contributed by atoms with E-state index in [1.165, 1.54) is 75.0 Å². The zero-order valence-corrected chi connectivity index (χ0v) is 19.5. The van der Waals surface area contributed by atoms with Crippen molar-refractivity contribution in [2.24, 2.45) is 5.92 Å². The average molecular weight is 421 g/mol. The van der Waals surface area contributed by atoms with Crippen molar-refractivity contribution in [1.29, 1.82) is 0 Å². The van der Waals surface area contributed by atoms with Crippen molar-refractivity contribution in [3.8, 4) is 0 Å². The molecule has 0 radical (unpaired) electrons. The van der Waals surface area contributed by atoms with Gasteiger partial charge in [-0.15, -0.1) is 0 Å². The second-order valence-corrected chi connectivity index (χ2v) is 10.1. The lowest BCUT2D eigenvalue weighted by Gasteiger charge is -2.38. The molecular formula is C27H40N4. The molecule has 2 aliphatic rings. The molecule has 2 aromatic rings. The summed E-state index contributed by atoms with van der Waals surface area (Å²) in [6, 6.07) is 14.9. The fraction of sp³-hybridized carbons (Fsp3) is 0.593. The fourth-order valence-electron chi connectivity index (χ4n) is 5.19. The van der Waals surface area contributed by atoms with E-state index in [0.717, 1.165) is 19.0 Å². The molecule has 1 N–H and O–H groups in total. The van der Waals surface area contributed by atoms with Gasteiger partial charge in [-0.05, 0) is 80.4 Å². The van der Waals surface area contributed by atoms with Crippen LogP contribution in [-0.2, 0) is 19.5 Å². The maximum absolute atomic E-state index is 4.25. The Bertz CT molecular complexity index is 766. The maximum Gasteiger partial charge on any atom is 0.0312 e. The van der Waals surface area contributed by atoms with Crippen molar-refractivity contribution in [2.45, 2.75) is 71.1 Å². The van der Waals surface area contributed by atoms with Gasteiger partial charge in [0.2, 0.25) is 0 Å². The zero-order valence-electron chi connectivity index (χ0n) is 19.5. The van der Waals surface area contributed by atoms with E-state index in [1.807, 2.05) is 18.5 Å². The van der Waals surface area contributed by atoms with Crippen LogP contribution in [0.5, 0.6) is 0 Å². The van der Waals surface area contributed by atoms with Gasteiger partial charge >= 0.3 is 0 Å². The number of likely N-dealkylation sites (tertiary alicyclic amines) is 2. The molecule has 168 valence electrons. The molecule has 0 bridgehead atoms. The summed E-state index contributed by atoms with van der Waals surface area (Å²) in [5.74, 6) is 0.724. The summed E-state index contributed by atoms with van der Waals surface area (Å²) in [7, 11) is 0. The zero-order chi connectivity index (χ0) is 21.5. The van der Waals surface area contributed by atoms with Crippen molar-refractivity contribution >= 4 is 0 Å². The largest absolute Gasteiger partial charge is 0.310 e. The molecule has 1 aromatic carbocycles. The third-order valence-electron chi connectivity index (χ3n) is 6.77. The molecular weight excluding hydrogens is 380 g/mol. The van der Waals surface area contributed by atoms with Crippen LogP contribution in [-0.4, -0.2) is 53.0 Å². The molecule has 4 heteroatoms. The van der Waals surface area contributed by atoms with E-state index in [1.54, 1.807) is 0 Å². The molecule has 1 atom stereocenters. The van der Waals surface area contributed by atoms with E-state index in [9.17, 15) is 0 Å². The molecule has 1 aromatic heterocycles. The second-order valence-electron chi connectivity index (χ2n) is 10.1. The van der Waals surface area contributed by atoms with E-state index in [4.69, 9.17) is 0 Å². The van der Waals surface area contributed by atoms with Crippen LogP contribution in [0.4, 0.5) is 0 Å². The number of hydrogen-bond acceptors (Lipinski definition) is 4. The standard InChI is InChI=1S/C27H40N4/c1-22(2)17-23-7-9-24(10-8-23)19-31-14-4-6-27(21-31)29-26-11-15-30(16-12-26)20-25-5-3-13-28-18-25/h3,5,7-10,13,18,22,26-27,29H,4,6,11-12,14-17,19-21H2,1-2H3. The second kappa shape index (κ2) is 11.2. The molecule has 2 aliphatic heterocycles. The van der Waals surface area contributed by atoms with Crippen molar-refractivity contribution in [1.82, 2.24) is 20.1 Å². The predicted molar refractivity (Wildman–Crippen MR) is 129 cm³/mol. The summed E-state index contributed by atoms with van der Waals surface area (Å²) in [5.41, 5.74) is 4.25. The first-order valence-electron chi connectivity index (χ1n) is 12.3. The van der Waals surface area contributed by atoms with Crippen LogP contribution in [0.1, 0.15) is 56.2 Å². The first-order valence-corrected chi connectivity index (χ1v) is 12.3. The summed E-state index contributed by atoms with van der Waals surface area (Å²) in [5, 5.41) is 4.01. The molecule has 0 amide bonds. The lowest BCUT2D eigenvalue weighted by Crippen LogP contribution is -2.51. The first-order chi connectivity index (χ1) is 15.1. The van der Waals surface area contributed by atoms with Crippen LogP contribution < -0.4 is 5.32 Å². The van der Waals surface area contributed by atoms with E-state index in [0.29, 0.717) is 12.1 Å². The van der Waals surface area contributed by atoms with Crippen molar-refractivity contribution in [3.05, 3.63) is 65.5 Å². The van der Waals surface area contributed by atoms with Gasteiger partial charge in [-0.3, -0.25) is 14.8 Å². The van der Waals surface area contributed by atoms with Crippen LogP contribution in [0, 0.1) is 5.92 Å². The minimum Gasteiger partial charge on any atom is -0.310 e. The smallest absolute Gasteiger partial charge is 0.0312 e. The van der Waals surface area contributed by atoms with Gasteiger partial charge in [0.15, 0.2) is 0 Å². The van der Waals surface area contributed by atoms with Gasteiger partial charge in [0.25, 0.3) is 0 Å². The van der Waals surface area contributed by atoms with Crippen molar-refractivity contribution in [2.75, 3.05) is 26.2 Å². The highest BCUT2D eigenvalue weighted by molar-refractivity contribution is 5.23. The normalized spacial score (nSPS) is 21.6. The molecule has 4 rings (SSSR count). The van der Waals surface area contributed by atoms with Crippen LogP contribution in [0.25, 0.3) is 0 Å². The highest BCUT2D eigenvalue weighted by Gasteiger charge is 2.25. The summed E-state index contributed by atoms with van der Waals surface area (Å²) in [6.45, 7) is 11.5. The molecule has 1 unspecified atom stereocenters. The van der Waals surface area contributed by atoms with Crippen LogP contribution in [0.2, 0.25) is 0 Å². The lowest BCUT2D eigenvalue weighted by molar-refractivity contribution is 0.146. The van der Waals surface area contributed by atoms with Gasteiger partial charge in [-0.2, -0.15) is 0 Å². The molecule has 0 spiro atoms. The lowest BCUT2D eigenvalue weighted by atomic mass is 9.99. The van der Waals surface area contributed by atoms with E-state index < -0.39 is 0 Å². The maximum atomic E-state index is 4.25. The van der Waals surface area contributed by atoms with Crippen LogP contribution in [0.15, 0.2) is 48.8 Å². The highest BCUT2D eigenvalue weighted by atomic mass is 15.2. The van der Waals surface area contributed by atoms with Gasteiger partial charge in [-0.1, -0.05) is 44.2 Å². The minimum atomic E-state index is 0.642. The number of pyridine rings is 1. The third kappa shape index (κ3) is 7.13. The molecule has 2 saturated heterocycles. The number of nitrogens with zero attached hydrogens (tertiary/aromatic N) is 3. The SMILES string of the molecule is CC(C)Cc1ccc(CN2CCCC(NC3CCN(Cc4cccnc4)CC3)C2)cc1. The van der Waals surface area contributed by atoms with Gasteiger partial charge in [-0.25, -0.2) is 0 Å². The Labute approximate surface area is 189 Å². The van der Waals surface area contributed by atoms with Crippen molar-refractivity contribution in [3.63, 3.8) is 0 Å². The number of aromatic nitrogens is 1. The summed E-state index contributed by atoms with van der Waals surface area (Å²) in [6.07, 6.45) is 10.2. The summed E-state index contributed by atoms with van der Waals surface area (Å²) < 4.78 is 0. The van der Waals surface area contributed by atoms with Gasteiger partial charge in [0, 0.05) is 44.1 Å².